The normalized spacial score (nSPS) is 18.0. The van der Waals surface area contributed by atoms with E-state index in [0.717, 1.165) is 5.56 Å². The monoisotopic (exact) mass is 367 g/mol. The largest absolute Gasteiger partial charge is 0.290 e. The molecule has 1 rings (SSSR count). The van der Waals surface area contributed by atoms with Crippen molar-refractivity contribution >= 4 is 10.8 Å². The highest BCUT2D eigenvalue weighted by molar-refractivity contribution is 7.85. The molecule has 1 aromatic carbocycles. The molecule has 0 spiro atoms. The Morgan fingerprint density at radius 3 is 1.96 bits per heavy atom. The van der Waals surface area contributed by atoms with Gasteiger partial charge < -0.3 is 0 Å². The van der Waals surface area contributed by atoms with Gasteiger partial charge in [0.1, 0.15) is 6.10 Å². The third-order valence-electron chi connectivity index (χ3n) is 4.49. The Kier molecular flexibility index (Phi) is 7.85. The van der Waals surface area contributed by atoms with Gasteiger partial charge in [0, 0.05) is 22.1 Å². The summed E-state index contributed by atoms with van der Waals surface area (Å²) in [5.74, 6) is 0.667. The van der Waals surface area contributed by atoms with Crippen LogP contribution in [0.5, 0.6) is 0 Å². The average Bonchev–Trinajstić information content (AvgIpc) is 2.51. The van der Waals surface area contributed by atoms with Crippen LogP contribution in [0.2, 0.25) is 0 Å². The smallest absolute Gasteiger partial charge is 0.101 e. The van der Waals surface area contributed by atoms with Crippen molar-refractivity contribution in [1.82, 2.24) is 5.06 Å². The molecular weight excluding hydrogens is 330 g/mol. The van der Waals surface area contributed by atoms with Gasteiger partial charge in [-0.15, -0.1) is 0 Å². The standard InChI is InChI=1S/C21H37NO2S/c1-10-25(23)17(3)19(20(4,5)6)22(21(7,8)9)24-16(2)18-14-12-11-13-15-18/h11-17,19H,10H2,1-9H3/t16?,17-,19+,25?/m1/s1. The maximum absolute atomic E-state index is 12.6. The molecule has 3 nitrogen and oxygen atoms in total. The van der Waals surface area contributed by atoms with Crippen LogP contribution in [0.4, 0.5) is 0 Å². The summed E-state index contributed by atoms with van der Waals surface area (Å²) in [5, 5.41) is 2.12. The van der Waals surface area contributed by atoms with Gasteiger partial charge in [-0.2, -0.15) is 5.06 Å². The van der Waals surface area contributed by atoms with Crippen molar-refractivity contribution in [2.75, 3.05) is 5.75 Å². The van der Waals surface area contributed by atoms with Gasteiger partial charge in [-0.25, -0.2) is 0 Å². The quantitative estimate of drug-likeness (QED) is 0.608. The summed E-state index contributed by atoms with van der Waals surface area (Å²) in [7, 11) is -0.885. The lowest BCUT2D eigenvalue weighted by Gasteiger charge is -2.49. The molecule has 25 heavy (non-hydrogen) atoms. The minimum absolute atomic E-state index is 0.0206. The molecule has 2 unspecified atom stereocenters. The van der Waals surface area contributed by atoms with E-state index in [9.17, 15) is 4.21 Å². The molecular formula is C21H37NO2S. The lowest BCUT2D eigenvalue weighted by Crippen LogP contribution is -2.58. The summed E-state index contributed by atoms with van der Waals surface area (Å²) in [6.07, 6.45) is -0.0625. The Labute approximate surface area is 157 Å². The molecule has 0 saturated carbocycles. The fourth-order valence-corrected chi connectivity index (χ4v) is 4.58. The van der Waals surface area contributed by atoms with E-state index in [1.807, 2.05) is 25.1 Å². The molecule has 0 N–H and O–H groups in total. The number of hydrogen-bond acceptors (Lipinski definition) is 3. The zero-order valence-electron chi connectivity index (χ0n) is 17.5. The number of hydrogen-bond donors (Lipinski definition) is 0. The molecule has 0 aliphatic carbocycles. The minimum atomic E-state index is -0.885. The van der Waals surface area contributed by atoms with Crippen LogP contribution in [0.1, 0.15) is 74.0 Å². The lowest BCUT2D eigenvalue weighted by molar-refractivity contribution is -0.277. The topological polar surface area (TPSA) is 29.5 Å². The van der Waals surface area contributed by atoms with Gasteiger partial charge in [0.05, 0.1) is 11.3 Å². The van der Waals surface area contributed by atoms with Gasteiger partial charge in [-0.05, 0) is 45.6 Å². The number of benzene rings is 1. The highest BCUT2D eigenvalue weighted by Crippen LogP contribution is 2.36. The van der Waals surface area contributed by atoms with Gasteiger partial charge in [0.15, 0.2) is 0 Å². The Morgan fingerprint density at radius 1 is 1.04 bits per heavy atom. The number of rotatable bonds is 7. The maximum atomic E-state index is 12.6. The van der Waals surface area contributed by atoms with Crippen LogP contribution in [0, 0.1) is 5.41 Å². The lowest BCUT2D eigenvalue weighted by atomic mass is 9.83. The SMILES string of the molecule is CCS(=O)[C@H](C)[C@H](N(OC(C)c1ccccc1)C(C)(C)C)C(C)(C)C. The van der Waals surface area contributed by atoms with E-state index in [4.69, 9.17) is 4.84 Å². The summed E-state index contributed by atoms with van der Waals surface area (Å²) in [4.78, 5) is 6.50. The van der Waals surface area contributed by atoms with E-state index in [2.05, 4.69) is 72.6 Å². The zero-order valence-corrected chi connectivity index (χ0v) is 18.3. The first kappa shape index (κ1) is 22.3. The van der Waals surface area contributed by atoms with E-state index in [0.29, 0.717) is 5.75 Å². The fourth-order valence-electron chi connectivity index (χ4n) is 3.25. The third-order valence-corrected chi connectivity index (χ3v) is 6.14. The summed E-state index contributed by atoms with van der Waals surface area (Å²) < 4.78 is 12.6. The molecule has 0 saturated heterocycles. The molecule has 0 bridgehead atoms. The predicted octanol–water partition coefficient (Wildman–Crippen LogP) is 5.35. The van der Waals surface area contributed by atoms with Gasteiger partial charge in [0.2, 0.25) is 0 Å². The molecule has 4 heteroatoms. The first-order valence-electron chi connectivity index (χ1n) is 9.27. The van der Waals surface area contributed by atoms with Crippen molar-refractivity contribution in [2.45, 2.75) is 85.2 Å². The number of hydroxylamine groups is 2. The fraction of sp³-hybridized carbons (Fsp3) is 0.714. The predicted molar refractivity (Wildman–Crippen MR) is 109 cm³/mol. The van der Waals surface area contributed by atoms with Crippen LogP contribution < -0.4 is 0 Å². The molecule has 0 amide bonds. The summed E-state index contributed by atoms with van der Waals surface area (Å²) in [6.45, 7) is 19.2. The van der Waals surface area contributed by atoms with Gasteiger partial charge >= 0.3 is 0 Å². The molecule has 0 aliphatic heterocycles. The van der Waals surface area contributed by atoms with Gasteiger partial charge in [-0.3, -0.25) is 9.05 Å². The second kappa shape index (κ2) is 8.79. The van der Waals surface area contributed by atoms with E-state index in [1.165, 1.54) is 0 Å². The van der Waals surface area contributed by atoms with Crippen LogP contribution in [-0.2, 0) is 15.6 Å². The first-order chi connectivity index (χ1) is 11.4. The highest BCUT2D eigenvalue weighted by Gasteiger charge is 2.43. The molecule has 144 valence electrons. The molecule has 0 aliphatic rings. The molecule has 0 fully saturated rings. The Morgan fingerprint density at radius 2 is 1.56 bits per heavy atom. The minimum Gasteiger partial charge on any atom is -0.290 e. The molecule has 0 heterocycles. The molecule has 1 aromatic rings. The summed E-state index contributed by atoms with van der Waals surface area (Å²) in [5.41, 5.74) is 0.884. The summed E-state index contributed by atoms with van der Waals surface area (Å²) >= 11 is 0. The van der Waals surface area contributed by atoms with E-state index in [1.54, 1.807) is 0 Å². The second-order valence-corrected chi connectivity index (χ2v) is 10.9. The van der Waals surface area contributed by atoms with Crippen molar-refractivity contribution < 1.29 is 9.05 Å². The van der Waals surface area contributed by atoms with Gasteiger partial charge in [0.25, 0.3) is 0 Å². The highest BCUT2D eigenvalue weighted by atomic mass is 32.2. The molecule has 4 atom stereocenters. The van der Waals surface area contributed by atoms with Crippen molar-refractivity contribution in [3.05, 3.63) is 35.9 Å². The second-order valence-electron chi connectivity index (χ2n) is 8.84. The van der Waals surface area contributed by atoms with Crippen LogP contribution in [0.15, 0.2) is 30.3 Å². The van der Waals surface area contributed by atoms with Crippen molar-refractivity contribution in [3.8, 4) is 0 Å². The summed E-state index contributed by atoms with van der Waals surface area (Å²) in [6, 6.07) is 10.3. The van der Waals surface area contributed by atoms with Crippen LogP contribution >= 0.6 is 0 Å². The molecule has 0 radical (unpaired) electrons. The van der Waals surface area contributed by atoms with E-state index < -0.39 is 10.8 Å². The maximum Gasteiger partial charge on any atom is 0.101 e. The Bertz CT molecular complexity index is 545. The van der Waals surface area contributed by atoms with E-state index >= 15 is 0 Å². The van der Waals surface area contributed by atoms with Crippen molar-refractivity contribution in [2.24, 2.45) is 5.41 Å². The van der Waals surface area contributed by atoms with Gasteiger partial charge in [-0.1, -0.05) is 58.0 Å². The number of nitrogens with zero attached hydrogens (tertiary/aromatic N) is 1. The zero-order chi connectivity index (χ0) is 19.4. The Balaban J connectivity index is 3.23. The molecule has 0 aromatic heterocycles. The van der Waals surface area contributed by atoms with Crippen LogP contribution in [0.25, 0.3) is 0 Å². The third kappa shape index (κ3) is 6.19. The van der Waals surface area contributed by atoms with Crippen LogP contribution in [-0.4, -0.2) is 31.9 Å². The van der Waals surface area contributed by atoms with E-state index in [-0.39, 0.29) is 28.3 Å². The Hall–Kier alpha value is -0.710. The van der Waals surface area contributed by atoms with Crippen molar-refractivity contribution in [3.63, 3.8) is 0 Å². The average molecular weight is 368 g/mol. The van der Waals surface area contributed by atoms with Crippen LogP contribution in [0.3, 0.4) is 0 Å². The first-order valence-corrected chi connectivity index (χ1v) is 10.7. The van der Waals surface area contributed by atoms with Crippen molar-refractivity contribution in [1.29, 1.82) is 0 Å².